The van der Waals surface area contributed by atoms with Gasteiger partial charge >= 0.3 is 41.8 Å². The number of ketones is 8. The maximum absolute atomic E-state index is 10.8. The number of hydrogen-bond donors (Lipinski definition) is 8. The molecule has 1 aromatic carbocycles. The van der Waals surface area contributed by atoms with E-state index >= 15 is 0 Å². The van der Waals surface area contributed by atoms with Crippen molar-refractivity contribution >= 4 is 88.1 Å². The fourth-order valence-electron chi connectivity index (χ4n) is 7.00. The number of carbonyl (C=O) groups is 15. The third-order valence-electron chi connectivity index (χ3n) is 11.9. The predicted octanol–water partition coefficient (Wildman–Crippen LogP) is 10.3. The Hall–Kier alpha value is -8.06. The Morgan fingerprint density at radius 3 is 1.36 bits per heavy atom. The number of aryl methyl sites for hydroxylation is 2. The topological polar surface area (TPSA) is 452 Å². The third kappa shape index (κ3) is 76.0. The number of carboxylic acids is 7. The van der Waals surface area contributed by atoms with E-state index in [0.29, 0.717) is 70.0 Å². The van der Waals surface area contributed by atoms with Crippen molar-refractivity contribution in [2.75, 3.05) is 0 Å². The van der Waals surface area contributed by atoms with Gasteiger partial charge in [0.15, 0.2) is 11.6 Å². The van der Waals surface area contributed by atoms with Crippen LogP contribution in [0.25, 0.3) is 0 Å². The number of unbranched alkanes of at least 4 members (excludes halogenated alkanes) is 1. The molecule has 3 rings (SSSR count). The molecule has 0 saturated heterocycles. The van der Waals surface area contributed by atoms with Gasteiger partial charge in [-0.1, -0.05) is 76.9 Å². The highest BCUT2D eigenvalue weighted by atomic mass is 16.4. The molecule has 89 heavy (non-hydrogen) atoms. The maximum atomic E-state index is 10.8. The molecule has 0 amide bonds. The average Bonchev–Trinajstić information content (AvgIpc) is 2.66. The van der Waals surface area contributed by atoms with Crippen molar-refractivity contribution in [3.8, 4) is 0 Å². The molecule has 2 aromatic rings. The Kier molecular flexibility index (Phi) is 56.0. The summed E-state index contributed by atoms with van der Waals surface area (Å²) in [7, 11) is 0. The molecule has 0 spiro atoms. The van der Waals surface area contributed by atoms with Gasteiger partial charge < -0.3 is 64.5 Å². The van der Waals surface area contributed by atoms with E-state index in [1.807, 2.05) is 38.1 Å². The molecular formula is C63H102N4O22. The zero-order valence-electron chi connectivity index (χ0n) is 55.0. The summed E-state index contributed by atoms with van der Waals surface area (Å²) in [6, 6.07) is 7.59. The van der Waals surface area contributed by atoms with Crippen LogP contribution in [0.3, 0.4) is 0 Å². The van der Waals surface area contributed by atoms with E-state index in [2.05, 4.69) is 20.6 Å². The zero-order chi connectivity index (χ0) is 70.6. The van der Waals surface area contributed by atoms with Crippen LogP contribution in [0.15, 0.2) is 24.3 Å². The average molecular weight is 1270 g/mol. The molecule has 1 saturated carbocycles. The first kappa shape index (κ1) is 92.1. The maximum Gasteiger partial charge on any atom is 0.306 e. The molecule has 0 bridgehead atoms. The van der Waals surface area contributed by atoms with Gasteiger partial charge in [0.2, 0.25) is 0 Å². The number of carboxylic acid groups (broad SMARTS) is 7. The molecule has 0 aliphatic heterocycles. The first-order chi connectivity index (χ1) is 40.8. The standard InChI is InChI=1S/C9H10O.C8H12O3.C8H14O3.3C7H12O3.C6H10N4O.C6H10O3.C5H10O2/c1-7-4-3-5-9(6-7)8(2)10;1-6(9)4-8(2-3-8)5-7(10)11;1-6(9)4-8(2,3)5-7(10)11;1-5(3-6(2)8)4-7(9)10;1-5(6(2)8)3-4-7(9)10;1-5(7(9)10)3-4-6(2)8;1-5(11)3-2-4-6-7-9-10-8-6;1-5(7)3-2-4-6(8)9;1-2-3-4-5(6)7/h3-6H,1-2H3;2-5H2,1H3,(H,10,11);4-5H2,1-3H3,(H,10,11);3*5H,3-4H2,1-2H3,(H,9,10);2-4H2,1H3,(H,7,8,9,10);2-4H2,1H3,(H,8,9);2-4H2,1H3,(H,6,7). The number of Topliss-reactive ketones (excluding diaryl/α,β-unsaturated/α-hetero) is 8. The van der Waals surface area contributed by atoms with Crippen molar-refractivity contribution in [1.29, 1.82) is 0 Å². The van der Waals surface area contributed by atoms with E-state index in [4.69, 9.17) is 35.7 Å². The Morgan fingerprint density at radius 1 is 0.539 bits per heavy atom. The summed E-state index contributed by atoms with van der Waals surface area (Å²) in [4.78, 5) is 155. The molecule has 1 aliphatic carbocycles. The number of aromatic amines is 1. The minimum absolute atomic E-state index is 0.0324. The van der Waals surface area contributed by atoms with Crippen LogP contribution in [0, 0.1) is 35.5 Å². The van der Waals surface area contributed by atoms with Crippen molar-refractivity contribution in [2.45, 2.75) is 239 Å². The van der Waals surface area contributed by atoms with E-state index in [9.17, 15) is 71.9 Å². The Morgan fingerprint density at radius 2 is 1.03 bits per heavy atom. The molecule has 1 fully saturated rings. The van der Waals surface area contributed by atoms with Gasteiger partial charge in [-0.15, -0.1) is 10.2 Å². The van der Waals surface area contributed by atoms with Gasteiger partial charge in [-0.2, -0.15) is 5.21 Å². The molecule has 506 valence electrons. The first-order valence-electron chi connectivity index (χ1n) is 29.2. The van der Waals surface area contributed by atoms with Crippen LogP contribution in [-0.2, 0) is 73.5 Å². The summed E-state index contributed by atoms with van der Waals surface area (Å²) >= 11 is 0. The molecule has 1 aromatic heterocycles. The second kappa shape index (κ2) is 54.1. The van der Waals surface area contributed by atoms with Gasteiger partial charge in [-0.05, 0) is 130 Å². The smallest absolute Gasteiger partial charge is 0.306 e. The SMILES string of the molecule is CC(=O)C(C)CCC(=O)O.CC(=O)CC(C)(C)CC(=O)O.CC(=O)CC(C)CC(=O)O.CC(=O)CC1(CC(=O)O)CC1.CC(=O)CCC(C)C(=O)O.CC(=O)CCCC(=O)O.CC(=O)CCCc1nn[nH]n1.CC(=O)c1cccc(C)c1.CCCCC(=O)O. The molecule has 1 aliphatic rings. The molecule has 3 unspecified atom stereocenters. The van der Waals surface area contributed by atoms with Crippen molar-refractivity contribution < 1.29 is 108 Å². The molecule has 8 N–H and O–H groups in total. The van der Waals surface area contributed by atoms with Gasteiger partial charge in [0, 0.05) is 82.1 Å². The van der Waals surface area contributed by atoms with Crippen LogP contribution >= 0.6 is 0 Å². The second-order valence-electron chi connectivity index (χ2n) is 22.9. The number of tetrazole rings is 1. The number of nitrogens with one attached hydrogen (secondary N) is 1. The number of aromatic nitrogens is 4. The van der Waals surface area contributed by atoms with Crippen LogP contribution in [0.2, 0.25) is 0 Å². The number of carbonyl (C=O) groups excluding carboxylic acids is 8. The number of hydrogen-bond acceptors (Lipinski definition) is 18. The number of H-pyrrole nitrogens is 1. The highest BCUT2D eigenvalue weighted by Gasteiger charge is 2.45. The lowest BCUT2D eigenvalue weighted by atomic mass is 9.84. The van der Waals surface area contributed by atoms with Crippen LogP contribution in [0.5, 0.6) is 0 Å². The zero-order valence-corrected chi connectivity index (χ0v) is 55.0. The van der Waals surface area contributed by atoms with Crippen molar-refractivity contribution in [2.24, 2.45) is 28.6 Å². The number of aliphatic carboxylic acids is 7. The summed E-state index contributed by atoms with van der Waals surface area (Å²) < 4.78 is 0. The van der Waals surface area contributed by atoms with Gasteiger partial charge in [0.25, 0.3) is 0 Å². The summed E-state index contributed by atoms with van der Waals surface area (Å²) in [6.07, 6.45) is 9.72. The minimum atomic E-state index is -0.851. The van der Waals surface area contributed by atoms with E-state index in [1.165, 1.54) is 41.5 Å². The Labute approximate surface area is 523 Å². The monoisotopic (exact) mass is 1270 g/mol. The van der Waals surface area contributed by atoms with Crippen molar-refractivity contribution in [1.82, 2.24) is 20.6 Å². The van der Waals surface area contributed by atoms with Crippen molar-refractivity contribution in [3.63, 3.8) is 0 Å². The number of rotatable bonds is 32. The fourth-order valence-corrected chi connectivity index (χ4v) is 7.00. The Bertz CT molecular complexity index is 2370. The highest BCUT2D eigenvalue weighted by Crippen LogP contribution is 2.51. The minimum Gasteiger partial charge on any atom is -0.481 e. The molecule has 0 radical (unpaired) electrons. The molecule has 1 heterocycles. The summed E-state index contributed by atoms with van der Waals surface area (Å²) in [5, 5.41) is 71.3. The molecule has 26 nitrogen and oxygen atoms in total. The Balaban J connectivity index is -0.000000218. The van der Waals surface area contributed by atoms with Crippen LogP contribution < -0.4 is 0 Å². The largest absolute Gasteiger partial charge is 0.481 e. The van der Waals surface area contributed by atoms with Crippen LogP contribution in [0.1, 0.15) is 247 Å². The van der Waals surface area contributed by atoms with Crippen molar-refractivity contribution in [3.05, 3.63) is 41.2 Å². The molecular weight excluding hydrogens is 1160 g/mol. The summed E-state index contributed by atoms with van der Waals surface area (Å²) in [6.45, 7) is 24.6. The quantitative estimate of drug-likeness (QED) is 0.0315. The second-order valence-corrected chi connectivity index (χ2v) is 22.9. The van der Waals surface area contributed by atoms with Gasteiger partial charge in [0.1, 0.15) is 40.5 Å². The predicted molar refractivity (Wildman–Crippen MR) is 329 cm³/mol. The lowest BCUT2D eigenvalue weighted by molar-refractivity contribution is -0.142. The third-order valence-corrected chi connectivity index (χ3v) is 11.9. The van der Waals surface area contributed by atoms with E-state index in [-0.39, 0.29) is 95.6 Å². The van der Waals surface area contributed by atoms with Crippen LogP contribution in [-0.4, -0.2) is 144 Å². The fraction of sp³-hybridized carbons (Fsp3) is 0.651. The summed E-state index contributed by atoms with van der Waals surface area (Å²) in [5.74, 6) is -4.88. The van der Waals surface area contributed by atoms with E-state index in [1.54, 1.807) is 48.5 Å². The van der Waals surface area contributed by atoms with E-state index < -0.39 is 53.1 Å². The first-order valence-corrected chi connectivity index (χ1v) is 29.2. The molecule has 26 heteroatoms. The number of nitrogens with zero attached hydrogens (tertiary/aromatic N) is 3. The molecule has 3 atom stereocenters. The normalized spacial score (nSPS) is 11.9. The van der Waals surface area contributed by atoms with Crippen LogP contribution in [0.4, 0.5) is 0 Å². The van der Waals surface area contributed by atoms with Gasteiger partial charge in [0.05, 0.1) is 18.8 Å². The highest BCUT2D eigenvalue weighted by molar-refractivity contribution is 5.94. The number of benzene rings is 1. The summed E-state index contributed by atoms with van der Waals surface area (Å²) in [5.41, 5.74) is 1.36. The van der Waals surface area contributed by atoms with E-state index in [0.717, 1.165) is 49.7 Å². The lowest BCUT2D eigenvalue weighted by Gasteiger charge is -2.19. The van der Waals surface area contributed by atoms with Gasteiger partial charge in [-0.25, -0.2) is 0 Å². The lowest BCUT2D eigenvalue weighted by Crippen LogP contribution is -2.19. The van der Waals surface area contributed by atoms with Gasteiger partial charge in [-0.3, -0.25) is 43.2 Å².